The van der Waals surface area contributed by atoms with Gasteiger partial charge in [0.1, 0.15) is 30.2 Å². The maximum absolute atomic E-state index is 11.5. The second-order valence-electron chi connectivity index (χ2n) is 5.47. The maximum Gasteiger partial charge on any atom is 0.481 e. The Morgan fingerprint density at radius 2 is 1.77 bits per heavy atom. The van der Waals surface area contributed by atoms with E-state index in [-0.39, 0.29) is 79.3 Å². The van der Waals surface area contributed by atoms with Gasteiger partial charge in [-0.15, -0.1) is 0 Å². The molecule has 0 saturated carbocycles. The number of rotatable bonds is 6. The van der Waals surface area contributed by atoms with Crippen molar-refractivity contribution in [3.63, 3.8) is 0 Å². The van der Waals surface area contributed by atoms with Gasteiger partial charge in [0.05, 0.1) is 12.9 Å². The van der Waals surface area contributed by atoms with E-state index in [2.05, 4.69) is 23.8 Å². The molecule has 20 heteroatoms. The van der Waals surface area contributed by atoms with Crippen molar-refractivity contribution >= 4 is 84.0 Å². The normalized spacial score (nSPS) is 25.6. The molecule has 167 valence electrons. The minimum Gasteiger partial charge on any atom is -0.412 e. The molecule has 0 spiro atoms. The van der Waals surface area contributed by atoms with E-state index in [1.54, 1.807) is 0 Å². The number of aliphatic hydroxyl groups is 2. The van der Waals surface area contributed by atoms with Crippen LogP contribution in [0.1, 0.15) is 6.23 Å². The van der Waals surface area contributed by atoms with Crippen molar-refractivity contribution in [1.82, 2.24) is 19.5 Å². The van der Waals surface area contributed by atoms with Crippen molar-refractivity contribution in [2.75, 3.05) is 12.3 Å². The van der Waals surface area contributed by atoms with E-state index in [1.165, 1.54) is 10.9 Å². The number of nitrogen functional groups attached to an aromatic ring is 1. The second kappa shape index (κ2) is 11.3. The standard InChI is InChI=1S/C10H15N5O10P2.K.2H2O/c11-8-5-9(13-2-12-8)15(3-14-5)10-7(17)6(16)4(24-10)1-23-27(21,22)25-26(18,19)20;;;/h2-4,6-7,10,16-17H,1H2,(H,21,22)(H2,11,12,13)(H2,18,19,20);;2*1H2. The molecule has 2 aromatic rings. The summed E-state index contributed by atoms with van der Waals surface area (Å²) in [5.41, 5.74) is 6.11. The van der Waals surface area contributed by atoms with Crippen LogP contribution in [0.2, 0.25) is 0 Å². The Bertz CT molecular complexity index is 941. The zero-order valence-electron chi connectivity index (χ0n) is 15.2. The Labute approximate surface area is 210 Å². The third kappa shape index (κ3) is 6.77. The Morgan fingerprint density at radius 3 is 2.37 bits per heavy atom. The molecule has 5 unspecified atom stereocenters. The number of aromatic nitrogens is 4. The number of imidazole rings is 1. The van der Waals surface area contributed by atoms with E-state index in [9.17, 15) is 24.2 Å². The zero-order chi connectivity index (χ0) is 20.0. The minimum absolute atomic E-state index is 0. The molecule has 0 aromatic carbocycles. The first-order chi connectivity index (χ1) is 12.5. The van der Waals surface area contributed by atoms with Crippen LogP contribution >= 0.6 is 15.6 Å². The third-order valence-corrected chi connectivity index (χ3v) is 5.76. The van der Waals surface area contributed by atoms with Crippen LogP contribution in [0.4, 0.5) is 5.82 Å². The van der Waals surface area contributed by atoms with Gasteiger partial charge in [-0.05, 0) is 0 Å². The average molecular weight is 502 g/mol. The summed E-state index contributed by atoms with van der Waals surface area (Å²) in [7, 11) is -10.4. The maximum atomic E-state index is 11.5. The number of fused-ring (bicyclic) bond motifs is 1. The molecular weight excluding hydrogens is 483 g/mol. The van der Waals surface area contributed by atoms with Crippen molar-refractivity contribution in [1.29, 1.82) is 0 Å². The van der Waals surface area contributed by atoms with Gasteiger partial charge in [0.15, 0.2) is 17.7 Å². The van der Waals surface area contributed by atoms with E-state index < -0.39 is 46.8 Å². The van der Waals surface area contributed by atoms with Crippen LogP contribution in [0.25, 0.3) is 11.2 Å². The van der Waals surface area contributed by atoms with E-state index in [0.717, 1.165) is 6.33 Å². The molecule has 0 amide bonds. The van der Waals surface area contributed by atoms with Crippen LogP contribution in [0.15, 0.2) is 12.7 Å². The van der Waals surface area contributed by atoms with Crippen molar-refractivity contribution < 1.29 is 58.5 Å². The number of aliphatic hydroxyl groups excluding tert-OH is 2. The Morgan fingerprint density at radius 1 is 1.13 bits per heavy atom. The van der Waals surface area contributed by atoms with Gasteiger partial charge >= 0.3 is 15.6 Å². The van der Waals surface area contributed by atoms with Gasteiger partial charge in [-0.3, -0.25) is 9.09 Å². The first-order valence-corrected chi connectivity index (χ1v) is 10.2. The molecule has 3 heterocycles. The fraction of sp³-hybridized carbons (Fsp3) is 0.500. The molecule has 0 bridgehead atoms. The quantitative estimate of drug-likeness (QED) is 0.163. The van der Waals surface area contributed by atoms with Crippen LogP contribution < -0.4 is 5.73 Å². The molecule has 5 atom stereocenters. The molecule has 1 aliphatic heterocycles. The number of hydrogen-bond acceptors (Lipinski definition) is 11. The number of phosphoric acid groups is 2. The van der Waals surface area contributed by atoms with Crippen LogP contribution in [-0.2, 0) is 22.7 Å². The number of hydrogen-bond donors (Lipinski definition) is 6. The predicted octanol–water partition coefficient (Wildman–Crippen LogP) is -3.78. The SMILES string of the molecule is Nc1ncnc2c1ncn2C1OC(COP(=O)(O)OP(=O)(O)O)C(O)C1O.O.O.[K]. The zero-order valence-corrected chi connectivity index (χ0v) is 20.1. The first-order valence-electron chi connectivity index (χ1n) is 7.17. The first kappa shape index (κ1) is 30.0. The van der Waals surface area contributed by atoms with E-state index in [4.69, 9.17) is 20.3 Å². The summed E-state index contributed by atoms with van der Waals surface area (Å²) < 4.78 is 36.8. The molecule has 11 N–H and O–H groups in total. The molecule has 3 rings (SSSR count). The number of anilines is 1. The Kier molecular flexibility index (Phi) is 11.3. The fourth-order valence-electron chi connectivity index (χ4n) is 2.48. The summed E-state index contributed by atoms with van der Waals surface area (Å²) in [4.78, 5) is 38.1. The summed E-state index contributed by atoms with van der Waals surface area (Å²) in [5.74, 6) is 0.0856. The number of nitrogens with zero attached hydrogens (tertiary/aromatic N) is 4. The van der Waals surface area contributed by atoms with Gasteiger partial charge in [0.25, 0.3) is 0 Å². The van der Waals surface area contributed by atoms with Crippen LogP contribution in [0.3, 0.4) is 0 Å². The van der Waals surface area contributed by atoms with Gasteiger partial charge in [0.2, 0.25) is 0 Å². The number of nitrogens with two attached hydrogens (primary N) is 1. The average Bonchev–Trinajstić information content (AvgIpc) is 3.07. The van der Waals surface area contributed by atoms with Gasteiger partial charge in [-0.2, -0.15) is 4.31 Å². The largest absolute Gasteiger partial charge is 0.481 e. The van der Waals surface area contributed by atoms with Crippen molar-refractivity contribution in [2.24, 2.45) is 0 Å². The summed E-state index contributed by atoms with van der Waals surface area (Å²) in [6, 6.07) is 0. The summed E-state index contributed by atoms with van der Waals surface area (Å²) in [6.07, 6.45) is -3.20. The predicted molar refractivity (Wildman–Crippen MR) is 97.5 cm³/mol. The topological polar surface area (TPSA) is 296 Å². The summed E-state index contributed by atoms with van der Waals surface area (Å²) in [5, 5.41) is 20.3. The van der Waals surface area contributed by atoms with Crippen molar-refractivity contribution in [2.45, 2.75) is 24.5 Å². The van der Waals surface area contributed by atoms with Gasteiger partial charge < -0.3 is 46.3 Å². The molecule has 2 aromatic heterocycles. The number of phosphoric ester groups is 1. The monoisotopic (exact) mass is 502 g/mol. The van der Waals surface area contributed by atoms with Crippen LogP contribution in [-0.4, -0.2) is 132 Å². The van der Waals surface area contributed by atoms with E-state index in [0.29, 0.717) is 0 Å². The van der Waals surface area contributed by atoms with E-state index in [1.807, 2.05) is 0 Å². The Hall–Kier alpha value is 0.0464. The third-order valence-electron chi connectivity index (χ3n) is 3.61. The van der Waals surface area contributed by atoms with Crippen molar-refractivity contribution in [3.05, 3.63) is 12.7 Å². The smallest absolute Gasteiger partial charge is 0.412 e. The van der Waals surface area contributed by atoms with Crippen molar-refractivity contribution in [3.8, 4) is 0 Å². The molecule has 1 radical (unpaired) electrons. The molecule has 17 nitrogen and oxygen atoms in total. The van der Waals surface area contributed by atoms with Crippen LogP contribution in [0.5, 0.6) is 0 Å². The molecule has 1 aliphatic rings. The summed E-state index contributed by atoms with van der Waals surface area (Å²) >= 11 is 0. The molecule has 1 fully saturated rings. The fourth-order valence-corrected chi connectivity index (χ4v) is 4.08. The number of ether oxygens (including phenoxy) is 1. The van der Waals surface area contributed by atoms with Gasteiger partial charge in [-0.1, -0.05) is 0 Å². The van der Waals surface area contributed by atoms with Gasteiger partial charge in [-0.25, -0.2) is 24.1 Å². The Balaban J connectivity index is 0.00000280. The molecule has 30 heavy (non-hydrogen) atoms. The second-order valence-corrected chi connectivity index (χ2v) is 8.30. The van der Waals surface area contributed by atoms with E-state index >= 15 is 0 Å². The van der Waals surface area contributed by atoms with Gasteiger partial charge in [0, 0.05) is 51.4 Å². The molecule has 0 aliphatic carbocycles. The van der Waals surface area contributed by atoms with Crippen LogP contribution in [0, 0.1) is 0 Å². The molecule has 1 saturated heterocycles. The summed E-state index contributed by atoms with van der Waals surface area (Å²) in [6.45, 7) is -0.813. The minimum atomic E-state index is -5.29. The molecular formula is C10H19KN5O12P2.